The van der Waals surface area contributed by atoms with Crippen LogP contribution >= 0.6 is 23.8 Å². The number of hydrogen-bond acceptors (Lipinski definition) is 3. The predicted octanol–water partition coefficient (Wildman–Crippen LogP) is 4.56. The number of amides is 1. The first-order valence-corrected chi connectivity index (χ1v) is 10.5. The number of halogens is 1. The van der Waals surface area contributed by atoms with Crippen LogP contribution in [-0.2, 0) is 7.05 Å². The van der Waals surface area contributed by atoms with Crippen LogP contribution in [0.5, 0.6) is 0 Å². The molecule has 0 aliphatic carbocycles. The molecule has 3 heterocycles. The summed E-state index contributed by atoms with van der Waals surface area (Å²) < 4.78 is 4.59. The lowest BCUT2D eigenvalue weighted by atomic mass is 9.96. The molecule has 2 aromatic heterocycles. The molecule has 1 aliphatic rings. The molecule has 1 saturated heterocycles. The van der Waals surface area contributed by atoms with Gasteiger partial charge in [-0.3, -0.25) is 9.89 Å². The molecule has 1 aromatic carbocycles. The normalized spacial score (nSPS) is 17.0. The molecule has 1 unspecified atom stereocenters. The van der Waals surface area contributed by atoms with Crippen molar-refractivity contribution < 1.29 is 4.79 Å². The number of carbonyl (C=O) groups is 1. The van der Waals surface area contributed by atoms with Gasteiger partial charge in [-0.15, -0.1) is 0 Å². The Labute approximate surface area is 180 Å². The van der Waals surface area contributed by atoms with Crippen LogP contribution in [-0.4, -0.2) is 43.2 Å². The molecule has 6 nitrogen and oxygen atoms in total. The average molecular weight is 430 g/mol. The second kappa shape index (κ2) is 7.80. The van der Waals surface area contributed by atoms with Crippen LogP contribution in [0.3, 0.4) is 0 Å². The van der Waals surface area contributed by atoms with E-state index < -0.39 is 0 Å². The molecule has 3 aromatic rings. The molecular formula is C21H24ClN5OS. The third-order valence-electron chi connectivity index (χ3n) is 5.72. The van der Waals surface area contributed by atoms with E-state index in [0.29, 0.717) is 16.3 Å². The molecule has 152 valence electrons. The minimum Gasteiger partial charge on any atom is -0.338 e. The van der Waals surface area contributed by atoms with Crippen LogP contribution in [0.4, 0.5) is 0 Å². The Morgan fingerprint density at radius 1 is 1.31 bits per heavy atom. The van der Waals surface area contributed by atoms with Crippen LogP contribution in [0.15, 0.2) is 30.3 Å². The highest BCUT2D eigenvalue weighted by molar-refractivity contribution is 7.71. The smallest absolute Gasteiger partial charge is 0.255 e. The maximum atomic E-state index is 13.4. The van der Waals surface area contributed by atoms with E-state index in [1.54, 1.807) is 0 Å². The Morgan fingerprint density at radius 3 is 2.79 bits per heavy atom. The quantitative estimate of drug-likeness (QED) is 0.621. The van der Waals surface area contributed by atoms with Gasteiger partial charge in [-0.05, 0) is 63.2 Å². The molecule has 0 radical (unpaired) electrons. The van der Waals surface area contributed by atoms with Crippen LogP contribution in [0, 0.1) is 18.6 Å². The Balaban J connectivity index is 1.62. The number of nitrogens with zero attached hydrogens (tertiary/aromatic N) is 4. The highest BCUT2D eigenvalue weighted by Gasteiger charge is 2.30. The molecule has 8 heteroatoms. The number of aryl methyl sites for hydroxylation is 1. The lowest BCUT2D eigenvalue weighted by Gasteiger charge is -2.32. The van der Waals surface area contributed by atoms with Gasteiger partial charge in [-0.2, -0.15) is 5.10 Å². The number of rotatable bonds is 3. The minimum absolute atomic E-state index is 0.0628. The monoisotopic (exact) mass is 429 g/mol. The second-order valence-corrected chi connectivity index (χ2v) is 8.46. The third kappa shape index (κ3) is 3.65. The summed E-state index contributed by atoms with van der Waals surface area (Å²) >= 11 is 11.4. The molecule has 1 fully saturated rings. The zero-order valence-electron chi connectivity index (χ0n) is 16.8. The van der Waals surface area contributed by atoms with Crippen molar-refractivity contribution in [1.29, 1.82) is 0 Å². The summed E-state index contributed by atoms with van der Waals surface area (Å²) in [6, 6.07) is 9.66. The number of nitrogens with one attached hydrogen (secondary N) is 1. The van der Waals surface area contributed by atoms with Gasteiger partial charge in [0, 0.05) is 48.2 Å². The fourth-order valence-corrected chi connectivity index (χ4v) is 4.58. The van der Waals surface area contributed by atoms with Crippen LogP contribution in [0.1, 0.15) is 46.3 Å². The standard InChI is InChI=1S/C21H24ClN5OS/c1-13-10-18(14(2)27(13)17-8-4-7-16(22)11-17)20(28)26-9-5-6-15(12-26)19-23-24-21(29)25(19)3/h4,7-8,10-11,15H,5-6,9,12H2,1-3H3,(H,24,29). The topological polar surface area (TPSA) is 58.9 Å². The number of hydrogen-bond donors (Lipinski definition) is 1. The molecular weight excluding hydrogens is 406 g/mol. The van der Waals surface area contributed by atoms with Crippen LogP contribution in [0.25, 0.3) is 5.69 Å². The second-order valence-electron chi connectivity index (χ2n) is 7.64. The summed E-state index contributed by atoms with van der Waals surface area (Å²) in [7, 11) is 1.92. The summed E-state index contributed by atoms with van der Waals surface area (Å²) in [6.45, 7) is 5.40. The van der Waals surface area contributed by atoms with Crippen molar-refractivity contribution in [3.63, 3.8) is 0 Å². The zero-order valence-corrected chi connectivity index (χ0v) is 18.3. The molecule has 1 amide bonds. The number of H-pyrrole nitrogens is 1. The number of aromatic nitrogens is 4. The SMILES string of the molecule is Cc1cc(C(=O)N2CCCC(c3n[nH]c(=S)n3C)C2)c(C)n1-c1cccc(Cl)c1. The van der Waals surface area contributed by atoms with E-state index in [-0.39, 0.29) is 11.8 Å². The summed E-state index contributed by atoms with van der Waals surface area (Å²) in [6.07, 6.45) is 1.95. The first kappa shape index (κ1) is 19.9. The first-order chi connectivity index (χ1) is 13.9. The van der Waals surface area contributed by atoms with Gasteiger partial charge in [0.1, 0.15) is 5.82 Å². The van der Waals surface area contributed by atoms with Crippen LogP contribution in [0.2, 0.25) is 5.02 Å². The Bertz CT molecular complexity index is 1130. The molecule has 0 spiro atoms. The molecule has 4 rings (SSSR count). The van der Waals surface area contributed by atoms with Gasteiger partial charge in [0.15, 0.2) is 4.77 Å². The predicted molar refractivity (Wildman–Crippen MR) is 117 cm³/mol. The van der Waals surface area contributed by atoms with E-state index in [4.69, 9.17) is 23.8 Å². The number of benzene rings is 1. The van der Waals surface area contributed by atoms with Gasteiger partial charge in [0.25, 0.3) is 5.91 Å². The maximum absolute atomic E-state index is 13.4. The Hall–Kier alpha value is -2.38. The Kier molecular flexibility index (Phi) is 5.36. The van der Waals surface area contributed by atoms with E-state index in [9.17, 15) is 4.79 Å². The van der Waals surface area contributed by atoms with Gasteiger partial charge >= 0.3 is 0 Å². The molecule has 1 atom stereocenters. The van der Waals surface area contributed by atoms with Crippen molar-refractivity contribution in [1.82, 2.24) is 24.2 Å². The fourth-order valence-electron chi connectivity index (χ4n) is 4.26. The van der Waals surface area contributed by atoms with E-state index in [0.717, 1.165) is 47.8 Å². The molecule has 1 aliphatic heterocycles. The van der Waals surface area contributed by atoms with Crippen molar-refractivity contribution >= 4 is 29.7 Å². The van der Waals surface area contributed by atoms with Gasteiger partial charge in [-0.1, -0.05) is 17.7 Å². The molecule has 0 saturated carbocycles. The van der Waals surface area contributed by atoms with E-state index >= 15 is 0 Å². The maximum Gasteiger partial charge on any atom is 0.255 e. The Morgan fingerprint density at radius 2 is 2.10 bits per heavy atom. The third-order valence-corrected chi connectivity index (χ3v) is 6.32. The van der Waals surface area contributed by atoms with Crippen molar-refractivity contribution in [2.75, 3.05) is 13.1 Å². The zero-order chi connectivity index (χ0) is 20.7. The lowest BCUT2D eigenvalue weighted by Crippen LogP contribution is -2.39. The summed E-state index contributed by atoms with van der Waals surface area (Å²) in [5, 5.41) is 7.91. The minimum atomic E-state index is 0.0628. The van der Waals surface area contributed by atoms with Gasteiger partial charge in [0.2, 0.25) is 0 Å². The molecule has 29 heavy (non-hydrogen) atoms. The number of aromatic amines is 1. The van der Waals surface area contributed by atoms with Gasteiger partial charge in [-0.25, -0.2) is 0 Å². The largest absolute Gasteiger partial charge is 0.338 e. The van der Waals surface area contributed by atoms with Crippen molar-refractivity contribution in [3.8, 4) is 5.69 Å². The molecule has 1 N–H and O–H groups in total. The van der Waals surface area contributed by atoms with Gasteiger partial charge in [0.05, 0.1) is 5.56 Å². The highest BCUT2D eigenvalue weighted by atomic mass is 35.5. The number of piperidine rings is 1. The lowest BCUT2D eigenvalue weighted by molar-refractivity contribution is 0.0702. The highest BCUT2D eigenvalue weighted by Crippen LogP contribution is 2.29. The summed E-state index contributed by atoms with van der Waals surface area (Å²) in [5.74, 6) is 1.16. The number of likely N-dealkylation sites (tertiary alicyclic amines) is 1. The summed E-state index contributed by atoms with van der Waals surface area (Å²) in [5.41, 5.74) is 3.63. The van der Waals surface area contributed by atoms with Crippen molar-refractivity contribution in [2.45, 2.75) is 32.6 Å². The fraction of sp³-hybridized carbons (Fsp3) is 0.381. The summed E-state index contributed by atoms with van der Waals surface area (Å²) in [4.78, 5) is 15.3. The number of carbonyl (C=O) groups excluding carboxylic acids is 1. The van der Waals surface area contributed by atoms with Gasteiger partial charge < -0.3 is 14.0 Å². The first-order valence-electron chi connectivity index (χ1n) is 9.72. The molecule has 0 bridgehead atoms. The average Bonchev–Trinajstić information content (AvgIpc) is 3.19. The van der Waals surface area contributed by atoms with E-state index in [1.807, 2.05) is 60.7 Å². The van der Waals surface area contributed by atoms with Crippen molar-refractivity contribution in [3.05, 3.63) is 62.9 Å². The van der Waals surface area contributed by atoms with Crippen molar-refractivity contribution in [2.24, 2.45) is 7.05 Å². The van der Waals surface area contributed by atoms with E-state index in [2.05, 4.69) is 14.8 Å². The van der Waals surface area contributed by atoms with E-state index in [1.165, 1.54) is 0 Å². The van der Waals surface area contributed by atoms with Crippen LogP contribution < -0.4 is 0 Å².